The fraction of sp³-hybridized carbons (Fsp3) is 0. The minimum atomic E-state index is -3.02. The molecule has 0 radical (unpaired) electrons. The van der Waals surface area contributed by atoms with Crippen molar-refractivity contribution in [3.8, 4) is 5.82 Å². The van der Waals surface area contributed by atoms with E-state index in [0.717, 1.165) is 55.3 Å². The van der Waals surface area contributed by atoms with E-state index in [9.17, 15) is 0 Å². The molecule has 0 spiro atoms. The molecule has 56 heavy (non-hydrogen) atoms. The Morgan fingerprint density at radius 1 is 0.429 bits per heavy atom. The van der Waals surface area contributed by atoms with Gasteiger partial charge in [-0.25, -0.2) is 9.97 Å². The Kier molecular flexibility index (Phi) is 6.59. The van der Waals surface area contributed by atoms with Crippen molar-refractivity contribution in [3.05, 3.63) is 195 Å². The number of fused-ring (bicyclic) bond motifs is 13. The van der Waals surface area contributed by atoms with E-state index >= 15 is 0 Å². The van der Waals surface area contributed by atoms with Crippen LogP contribution in [0.15, 0.2) is 199 Å². The quantitative estimate of drug-likeness (QED) is 0.101. The van der Waals surface area contributed by atoms with E-state index < -0.39 is 8.07 Å². The summed E-state index contributed by atoms with van der Waals surface area (Å²) in [4.78, 5) is 9.93. The van der Waals surface area contributed by atoms with Crippen LogP contribution in [-0.2, 0) is 0 Å². The molecule has 0 amide bonds. The Labute approximate surface area is 322 Å². The first-order valence-electron chi connectivity index (χ1n) is 19.0. The largest absolute Gasteiger partial charge is 0.456 e. The summed E-state index contributed by atoms with van der Waals surface area (Å²) in [6, 6.07) is 64.1. The molecule has 5 heterocycles. The van der Waals surface area contributed by atoms with Crippen molar-refractivity contribution >= 4 is 99.9 Å². The zero-order valence-corrected chi connectivity index (χ0v) is 31.2. The van der Waals surface area contributed by atoms with Gasteiger partial charge in [0.25, 0.3) is 0 Å². The van der Waals surface area contributed by atoms with Crippen molar-refractivity contribution in [2.24, 2.45) is 0 Å². The van der Waals surface area contributed by atoms with E-state index in [1.54, 1.807) is 0 Å². The minimum absolute atomic E-state index is 0.866. The number of aromatic nitrogens is 4. The average Bonchev–Trinajstić information content (AvgIpc) is 4.00. The van der Waals surface area contributed by atoms with Gasteiger partial charge in [-0.1, -0.05) is 133 Å². The number of imidazole rings is 1. The second kappa shape index (κ2) is 11.9. The molecule has 12 rings (SSSR count). The van der Waals surface area contributed by atoms with Crippen LogP contribution in [0, 0.1) is 0 Å². The maximum atomic E-state index is 6.45. The molecule has 0 aliphatic carbocycles. The summed E-state index contributed by atoms with van der Waals surface area (Å²) in [6.45, 7) is 0. The molecule has 5 aromatic heterocycles. The highest BCUT2D eigenvalue weighted by molar-refractivity contribution is 7.20. The van der Waals surface area contributed by atoms with Gasteiger partial charge in [0.1, 0.15) is 22.6 Å². The van der Waals surface area contributed by atoms with Gasteiger partial charge in [0.2, 0.25) is 0 Å². The third-order valence-corrected chi connectivity index (χ3v) is 16.5. The van der Waals surface area contributed by atoms with Crippen LogP contribution in [0.4, 0.5) is 0 Å². The minimum Gasteiger partial charge on any atom is -0.456 e. The summed E-state index contributed by atoms with van der Waals surface area (Å²) in [5, 5.41) is 13.3. The Hall–Kier alpha value is -7.28. The SMILES string of the molecule is c1ccc([Si](c2ccccc2)(c2ccc3c4ccccc4n4ccnc4c3c2)c2ccc3c4ccc5oc6ccccc6c5c4n(-c4ccccn4)c3c2)cc1. The summed E-state index contributed by atoms with van der Waals surface area (Å²) in [6.07, 6.45) is 5.87. The third kappa shape index (κ3) is 4.24. The maximum absolute atomic E-state index is 6.45. The predicted molar refractivity (Wildman–Crippen MR) is 233 cm³/mol. The van der Waals surface area contributed by atoms with Crippen molar-refractivity contribution in [1.29, 1.82) is 0 Å². The molecule has 0 unspecified atom stereocenters. The summed E-state index contributed by atoms with van der Waals surface area (Å²) >= 11 is 0. The molecule has 12 aromatic rings. The lowest BCUT2D eigenvalue weighted by Crippen LogP contribution is -2.74. The first kappa shape index (κ1) is 31.1. The highest BCUT2D eigenvalue weighted by atomic mass is 28.3. The van der Waals surface area contributed by atoms with Gasteiger partial charge in [0.05, 0.1) is 21.9 Å². The molecular weight excluding hydrogens is 701 g/mol. The molecule has 0 atom stereocenters. The highest BCUT2D eigenvalue weighted by Crippen LogP contribution is 2.40. The molecule has 5 nitrogen and oxygen atoms in total. The van der Waals surface area contributed by atoms with E-state index in [0.29, 0.717) is 0 Å². The van der Waals surface area contributed by atoms with E-state index in [4.69, 9.17) is 14.4 Å². The van der Waals surface area contributed by atoms with Gasteiger partial charge in [-0.2, -0.15) is 0 Å². The van der Waals surface area contributed by atoms with Gasteiger partial charge in [0, 0.05) is 45.5 Å². The molecule has 262 valence electrons. The molecule has 0 saturated heterocycles. The Bertz CT molecular complexity index is 3440. The maximum Gasteiger partial charge on any atom is 0.179 e. The van der Waals surface area contributed by atoms with Crippen LogP contribution in [0.2, 0.25) is 0 Å². The molecule has 0 aliphatic heterocycles. The van der Waals surface area contributed by atoms with Crippen molar-refractivity contribution in [2.75, 3.05) is 0 Å². The van der Waals surface area contributed by atoms with Gasteiger partial charge < -0.3 is 4.42 Å². The monoisotopic (exact) mass is 732 g/mol. The Balaban J connectivity index is 1.24. The summed E-state index contributed by atoms with van der Waals surface area (Å²) in [5.41, 5.74) is 6.08. The number of benzene rings is 7. The van der Waals surface area contributed by atoms with E-state index in [1.807, 2.05) is 24.5 Å². The van der Waals surface area contributed by atoms with E-state index in [-0.39, 0.29) is 0 Å². The van der Waals surface area contributed by atoms with Gasteiger partial charge >= 0.3 is 0 Å². The lowest BCUT2D eigenvalue weighted by molar-refractivity contribution is 0.669. The molecule has 6 heteroatoms. The normalized spacial score (nSPS) is 12.3. The lowest BCUT2D eigenvalue weighted by Gasteiger charge is -2.35. The molecule has 0 bridgehead atoms. The standard InChI is InChI=1S/C50H32N4OSi/c1-3-13-33(14-4-1)56(34-15-5-2-6-16-34,35-22-24-37-38-17-7-9-19-43(38)53-30-29-52-50(53)42(37)31-35)36-23-25-39-40-26-27-46-48(41-18-8-10-20-45(41)55-46)49(40)54(44(39)32-36)47-21-11-12-28-51-47/h1-32H. The van der Waals surface area contributed by atoms with Crippen LogP contribution in [0.1, 0.15) is 0 Å². The van der Waals surface area contributed by atoms with Crippen LogP contribution in [-0.4, -0.2) is 27.0 Å². The number of pyridine rings is 2. The predicted octanol–water partition coefficient (Wildman–Crippen LogP) is 9.41. The van der Waals surface area contributed by atoms with Gasteiger partial charge in [-0.05, 0) is 68.6 Å². The van der Waals surface area contributed by atoms with Gasteiger partial charge in [-0.15, -0.1) is 0 Å². The van der Waals surface area contributed by atoms with Crippen LogP contribution in [0.3, 0.4) is 0 Å². The Morgan fingerprint density at radius 3 is 1.88 bits per heavy atom. The van der Waals surface area contributed by atoms with E-state index in [2.05, 4.69) is 179 Å². The Morgan fingerprint density at radius 2 is 1.09 bits per heavy atom. The van der Waals surface area contributed by atoms with Crippen molar-refractivity contribution in [3.63, 3.8) is 0 Å². The zero-order chi connectivity index (χ0) is 36.8. The second-order valence-electron chi connectivity index (χ2n) is 14.6. The molecule has 0 fully saturated rings. The van der Waals surface area contributed by atoms with Crippen LogP contribution < -0.4 is 20.7 Å². The number of furan rings is 1. The number of hydrogen-bond donors (Lipinski definition) is 0. The first-order chi connectivity index (χ1) is 27.8. The number of hydrogen-bond acceptors (Lipinski definition) is 3. The number of nitrogens with zero attached hydrogens (tertiary/aromatic N) is 4. The topological polar surface area (TPSA) is 48.3 Å². The zero-order valence-electron chi connectivity index (χ0n) is 30.2. The number of para-hydroxylation sites is 2. The van der Waals surface area contributed by atoms with Crippen LogP contribution in [0.25, 0.3) is 76.9 Å². The van der Waals surface area contributed by atoms with Crippen molar-refractivity contribution < 1.29 is 4.42 Å². The smallest absolute Gasteiger partial charge is 0.179 e. The summed E-state index contributed by atoms with van der Waals surface area (Å²) in [7, 11) is -3.02. The fourth-order valence-electron chi connectivity index (χ4n) is 9.45. The third-order valence-electron chi connectivity index (χ3n) is 11.8. The van der Waals surface area contributed by atoms with Gasteiger partial charge in [0.15, 0.2) is 8.07 Å². The lowest BCUT2D eigenvalue weighted by atomic mass is 10.1. The molecule has 0 saturated carbocycles. The molecule has 0 N–H and O–H groups in total. The summed E-state index contributed by atoms with van der Waals surface area (Å²) < 4.78 is 11.0. The average molecular weight is 733 g/mol. The molecule has 7 aromatic carbocycles. The van der Waals surface area contributed by atoms with E-state index in [1.165, 1.54) is 42.3 Å². The molecular formula is C50H32N4OSi. The summed E-state index contributed by atoms with van der Waals surface area (Å²) in [5.74, 6) is 0.869. The van der Waals surface area contributed by atoms with Crippen molar-refractivity contribution in [2.45, 2.75) is 0 Å². The number of rotatable bonds is 5. The van der Waals surface area contributed by atoms with Crippen LogP contribution in [0.5, 0.6) is 0 Å². The second-order valence-corrected chi connectivity index (χ2v) is 18.4. The van der Waals surface area contributed by atoms with Crippen LogP contribution >= 0.6 is 0 Å². The van der Waals surface area contributed by atoms with Gasteiger partial charge in [-0.3, -0.25) is 8.97 Å². The highest BCUT2D eigenvalue weighted by Gasteiger charge is 2.42. The fourth-order valence-corrected chi connectivity index (χ4v) is 14.2. The molecule has 0 aliphatic rings. The van der Waals surface area contributed by atoms with Crippen molar-refractivity contribution in [1.82, 2.24) is 18.9 Å². The first-order valence-corrected chi connectivity index (χ1v) is 21.0.